The Balaban J connectivity index is 1.82. The molecule has 158 valence electrons. The Labute approximate surface area is 185 Å². The van der Waals surface area contributed by atoms with Gasteiger partial charge in [-0.05, 0) is 61.4 Å². The Hall–Kier alpha value is -3.10. The molecule has 0 saturated heterocycles. The number of anilines is 1. The highest BCUT2D eigenvalue weighted by Crippen LogP contribution is 2.33. The fourth-order valence-electron chi connectivity index (χ4n) is 3.38. The summed E-state index contributed by atoms with van der Waals surface area (Å²) in [6, 6.07) is 15.7. The van der Waals surface area contributed by atoms with Crippen molar-refractivity contribution in [3.63, 3.8) is 0 Å². The fourth-order valence-corrected chi connectivity index (χ4v) is 5.06. The van der Waals surface area contributed by atoms with E-state index in [0.29, 0.717) is 10.8 Å². The van der Waals surface area contributed by atoms with Crippen LogP contribution >= 0.6 is 11.3 Å². The number of pyridine rings is 1. The molecule has 0 fully saturated rings. The lowest BCUT2D eigenvalue weighted by Gasteiger charge is -2.20. The average molecular weight is 452 g/mol. The maximum absolute atomic E-state index is 13.5. The van der Waals surface area contributed by atoms with E-state index in [1.807, 2.05) is 38.1 Å². The summed E-state index contributed by atoms with van der Waals surface area (Å²) in [5.41, 5.74) is 4.03. The first-order valence-electron chi connectivity index (χ1n) is 9.62. The zero-order valence-electron chi connectivity index (χ0n) is 17.4. The number of aryl methyl sites for hydroxylation is 2. The van der Waals surface area contributed by atoms with Crippen LogP contribution in [0.15, 0.2) is 65.7 Å². The van der Waals surface area contributed by atoms with Crippen molar-refractivity contribution in [1.29, 1.82) is 0 Å². The highest BCUT2D eigenvalue weighted by atomic mass is 32.2. The van der Waals surface area contributed by atoms with Crippen LogP contribution in [0.4, 0.5) is 5.13 Å². The molecule has 4 aromatic rings. The van der Waals surface area contributed by atoms with Gasteiger partial charge in [-0.1, -0.05) is 29.5 Å². The minimum absolute atomic E-state index is 0.104. The van der Waals surface area contributed by atoms with Gasteiger partial charge >= 0.3 is 0 Å². The van der Waals surface area contributed by atoms with Crippen LogP contribution in [-0.4, -0.2) is 30.5 Å². The number of fused-ring (bicyclic) bond motifs is 1. The lowest BCUT2D eigenvalue weighted by Crippen LogP contribution is -2.30. The number of carbonyl (C=O) groups is 1. The predicted octanol–water partition coefficient (Wildman–Crippen LogP) is 4.56. The molecule has 0 bridgehead atoms. The Morgan fingerprint density at radius 1 is 1.06 bits per heavy atom. The van der Waals surface area contributed by atoms with Gasteiger partial charge < -0.3 is 0 Å². The molecule has 0 radical (unpaired) electrons. The van der Waals surface area contributed by atoms with E-state index in [-0.39, 0.29) is 22.9 Å². The zero-order chi connectivity index (χ0) is 22.2. The minimum atomic E-state index is -3.44. The van der Waals surface area contributed by atoms with Crippen molar-refractivity contribution in [3.8, 4) is 0 Å². The Morgan fingerprint density at radius 2 is 1.87 bits per heavy atom. The van der Waals surface area contributed by atoms with Crippen molar-refractivity contribution >= 4 is 42.4 Å². The van der Waals surface area contributed by atoms with Gasteiger partial charge in [-0.2, -0.15) is 0 Å². The number of carbonyl (C=O) groups excluding carboxylic acids is 1. The summed E-state index contributed by atoms with van der Waals surface area (Å²) in [5.74, 6) is -0.329. The average Bonchev–Trinajstić information content (AvgIpc) is 3.16. The van der Waals surface area contributed by atoms with Crippen LogP contribution in [0.5, 0.6) is 0 Å². The Morgan fingerprint density at radius 3 is 2.58 bits per heavy atom. The van der Waals surface area contributed by atoms with Gasteiger partial charge in [0.25, 0.3) is 5.91 Å². The number of nitrogens with zero attached hydrogens (tertiary/aromatic N) is 3. The second-order valence-electron chi connectivity index (χ2n) is 7.44. The van der Waals surface area contributed by atoms with Crippen LogP contribution in [0.1, 0.15) is 27.2 Å². The van der Waals surface area contributed by atoms with Crippen molar-refractivity contribution in [1.82, 2.24) is 9.97 Å². The summed E-state index contributed by atoms with van der Waals surface area (Å²) in [6.45, 7) is 4.26. The third-order valence-electron chi connectivity index (χ3n) is 4.84. The molecule has 0 atom stereocenters. The highest BCUT2D eigenvalue weighted by Gasteiger charge is 2.24. The van der Waals surface area contributed by atoms with Crippen LogP contribution in [0.2, 0.25) is 0 Å². The molecule has 2 aromatic heterocycles. The summed E-state index contributed by atoms with van der Waals surface area (Å²) in [6.07, 6.45) is 2.80. The molecular formula is C23H21N3O3S2. The maximum Gasteiger partial charge on any atom is 0.260 e. The first-order chi connectivity index (χ1) is 14.7. The second kappa shape index (κ2) is 8.20. The van der Waals surface area contributed by atoms with Crippen LogP contribution in [0.25, 0.3) is 10.2 Å². The van der Waals surface area contributed by atoms with Gasteiger partial charge in [0.15, 0.2) is 15.0 Å². The number of aromatic nitrogens is 2. The Bertz CT molecular complexity index is 1380. The van der Waals surface area contributed by atoms with E-state index in [0.717, 1.165) is 27.6 Å². The molecule has 0 spiro atoms. The summed E-state index contributed by atoms with van der Waals surface area (Å²) in [5, 5.41) is 0.545. The lowest BCUT2D eigenvalue weighted by molar-refractivity contribution is 0.0984. The summed E-state index contributed by atoms with van der Waals surface area (Å²) < 4.78 is 25.0. The third kappa shape index (κ3) is 4.50. The number of hydrogen-bond donors (Lipinski definition) is 0. The van der Waals surface area contributed by atoms with E-state index >= 15 is 0 Å². The number of rotatable bonds is 5. The first-order valence-corrected chi connectivity index (χ1v) is 12.3. The van der Waals surface area contributed by atoms with Crippen LogP contribution in [0.3, 0.4) is 0 Å². The van der Waals surface area contributed by atoms with Gasteiger partial charge in [-0.3, -0.25) is 14.7 Å². The normalized spacial score (nSPS) is 11.6. The molecule has 1 amide bonds. The van der Waals surface area contributed by atoms with Crippen molar-refractivity contribution in [2.24, 2.45) is 0 Å². The van der Waals surface area contributed by atoms with Crippen molar-refractivity contribution < 1.29 is 13.2 Å². The molecule has 2 heterocycles. The molecule has 0 aliphatic heterocycles. The molecule has 2 aromatic carbocycles. The molecule has 0 unspecified atom stereocenters. The SMILES string of the molecule is Cc1cc(C)c2sc(N(Cc3ccccn3)C(=O)c3cccc(S(C)(=O)=O)c3)nc2c1. The molecule has 6 nitrogen and oxygen atoms in total. The monoisotopic (exact) mass is 451 g/mol. The van der Waals surface area contributed by atoms with Crippen LogP contribution in [0, 0.1) is 13.8 Å². The quantitative estimate of drug-likeness (QED) is 0.444. The minimum Gasteiger partial charge on any atom is -0.278 e. The summed E-state index contributed by atoms with van der Waals surface area (Å²) in [7, 11) is -3.44. The lowest BCUT2D eigenvalue weighted by atomic mass is 10.1. The van der Waals surface area contributed by atoms with E-state index in [1.165, 1.54) is 23.5 Å². The highest BCUT2D eigenvalue weighted by molar-refractivity contribution is 7.90. The first kappa shape index (κ1) is 21.1. The number of hydrogen-bond acceptors (Lipinski definition) is 6. The molecule has 0 aliphatic carbocycles. The smallest absolute Gasteiger partial charge is 0.260 e. The van der Waals surface area contributed by atoms with E-state index < -0.39 is 9.84 Å². The number of benzene rings is 2. The van der Waals surface area contributed by atoms with Gasteiger partial charge in [0.2, 0.25) is 0 Å². The zero-order valence-corrected chi connectivity index (χ0v) is 19.0. The maximum atomic E-state index is 13.5. The predicted molar refractivity (Wildman–Crippen MR) is 123 cm³/mol. The number of thiazole rings is 1. The van der Waals surface area contributed by atoms with Gasteiger partial charge in [0.05, 0.1) is 27.4 Å². The standard InChI is InChI=1S/C23H21N3O3S2/c1-15-11-16(2)21-20(12-15)25-23(30-21)26(14-18-8-4-5-10-24-18)22(27)17-7-6-9-19(13-17)31(3,28)29/h4-13H,14H2,1-3H3. The van der Waals surface area contributed by atoms with Crippen molar-refractivity contribution in [2.45, 2.75) is 25.3 Å². The van der Waals surface area contributed by atoms with Crippen molar-refractivity contribution in [3.05, 3.63) is 83.2 Å². The summed E-state index contributed by atoms with van der Waals surface area (Å²) in [4.78, 5) is 24.3. The van der Waals surface area contributed by atoms with Crippen molar-refractivity contribution in [2.75, 3.05) is 11.2 Å². The van der Waals surface area contributed by atoms with Crippen LogP contribution in [-0.2, 0) is 16.4 Å². The molecule has 0 aliphatic rings. The summed E-state index contributed by atoms with van der Waals surface area (Å²) >= 11 is 1.44. The molecule has 4 rings (SSSR count). The van der Waals surface area contributed by atoms with Crippen LogP contribution < -0.4 is 4.90 Å². The van der Waals surface area contributed by atoms with Gasteiger partial charge in [-0.15, -0.1) is 0 Å². The second-order valence-corrected chi connectivity index (χ2v) is 10.4. The van der Waals surface area contributed by atoms with E-state index in [9.17, 15) is 13.2 Å². The molecule has 8 heteroatoms. The van der Waals surface area contributed by atoms with E-state index in [1.54, 1.807) is 23.2 Å². The molecular weight excluding hydrogens is 430 g/mol. The molecule has 0 saturated carbocycles. The van der Waals surface area contributed by atoms with E-state index in [2.05, 4.69) is 11.1 Å². The van der Waals surface area contributed by atoms with E-state index in [4.69, 9.17) is 4.98 Å². The number of amides is 1. The molecule has 0 N–H and O–H groups in total. The largest absolute Gasteiger partial charge is 0.278 e. The number of sulfone groups is 1. The topological polar surface area (TPSA) is 80.2 Å². The molecule has 31 heavy (non-hydrogen) atoms. The van der Waals surface area contributed by atoms with Gasteiger partial charge in [0.1, 0.15) is 0 Å². The Kier molecular flexibility index (Phi) is 5.60. The fraction of sp³-hybridized carbons (Fsp3) is 0.174. The van der Waals surface area contributed by atoms with Gasteiger partial charge in [-0.25, -0.2) is 13.4 Å². The third-order valence-corrected chi connectivity index (χ3v) is 7.18. The van der Waals surface area contributed by atoms with Gasteiger partial charge in [0, 0.05) is 18.0 Å².